The lowest BCUT2D eigenvalue weighted by Crippen LogP contribution is -2.08. The highest BCUT2D eigenvalue weighted by Gasteiger charge is 2.01. The van der Waals surface area contributed by atoms with Crippen LogP contribution in [0.1, 0.15) is 24.5 Å². The van der Waals surface area contributed by atoms with E-state index in [9.17, 15) is 0 Å². The van der Waals surface area contributed by atoms with Crippen LogP contribution in [-0.4, -0.2) is 13.2 Å². The second-order valence-electron chi connectivity index (χ2n) is 5.04. The fourth-order valence-electron chi connectivity index (χ4n) is 2.11. The Morgan fingerprint density at radius 3 is 2.57 bits per heavy atom. The van der Waals surface area contributed by atoms with Crippen molar-refractivity contribution in [1.82, 2.24) is 0 Å². The van der Waals surface area contributed by atoms with Crippen LogP contribution in [0.25, 0.3) is 0 Å². The monoisotopic (exact) mass is 303 g/mol. The van der Waals surface area contributed by atoms with Gasteiger partial charge in [-0.05, 0) is 55.2 Å². The normalized spacial score (nSPS) is 10.4. The van der Waals surface area contributed by atoms with Crippen LogP contribution in [0.3, 0.4) is 0 Å². The molecule has 3 heteroatoms. The Bertz CT molecular complexity index is 566. The predicted molar refractivity (Wildman–Crippen MR) is 90.6 cm³/mol. The standard InChI is InChI=1S/C18H22ClNO/c1-3-15-8-10-16(11-9-15)21-13-5-12-20-18-7-4-6-17(19)14(18)2/h4,6-11,20H,3,5,12-13H2,1-2H3. The summed E-state index contributed by atoms with van der Waals surface area (Å²) in [6.07, 6.45) is 2.00. The van der Waals surface area contributed by atoms with Gasteiger partial charge >= 0.3 is 0 Å². The van der Waals surface area contributed by atoms with Crippen molar-refractivity contribution < 1.29 is 4.74 Å². The van der Waals surface area contributed by atoms with Gasteiger partial charge in [0.15, 0.2) is 0 Å². The molecule has 112 valence electrons. The molecule has 0 aliphatic rings. The number of nitrogens with one attached hydrogen (secondary N) is 1. The van der Waals surface area contributed by atoms with E-state index in [0.29, 0.717) is 6.61 Å². The molecular weight excluding hydrogens is 282 g/mol. The minimum Gasteiger partial charge on any atom is -0.494 e. The Hall–Kier alpha value is -1.67. The molecule has 0 atom stereocenters. The van der Waals surface area contributed by atoms with Crippen LogP contribution in [0.5, 0.6) is 5.75 Å². The number of hydrogen-bond donors (Lipinski definition) is 1. The van der Waals surface area contributed by atoms with Gasteiger partial charge in [-0.1, -0.05) is 36.7 Å². The zero-order valence-corrected chi connectivity index (χ0v) is 13.4. The molecule has 2 aromatic rings. The summed E-state index contributed by atoms with van der Waals surface area (Å²) in [6.45, 7) is 5.75. The number of ether oxygens (including phenoxy) is 1. The van der Waals surface area contributed by atoms with Gasteiger partial charge in [0.25, 0.3) is 0 Å². The molecule has 2 rings (SSSR count). The van der Waals surface area contributed by atoms with Crippen molar-refractivity contribution in [1.29, 1.82) is 0 Å². The van der Waals surface area contributed by atoms with Gasteiger partial charge in [-0.3, -0.25) is 0 Å². The molecule has 21 heavy (non-hydrogen) atoms. The molecular formula is C18H22ClNO. The van der Waals surface area contributed by atoms with Gasteiger partial charge in [-0.25, -0.2) is 0 Å². The zero-order chi connectivity index (χ0) is 15.1. The smallest absolute Gasteiger partial charge is 0.119 e. The first-order chi connectivity index (χ1) is 10.2. The average Bonchev–Trinajstić information content (AvgIpc) is 2.51. The Balaban J connectivity index is 1.71. The summed E-state index contributed by atoms with van der Waals surface area (Å²) in [5.74, 6) is 0.936. The van der Waals surface area contributed by atoms with Crippen molar-refractivity contribution in [3.8, 4) is 5.75 Å². The van der Waals surface area contributed by atoms with Crippen LogP contribution in [0.4, 0.5) is 5.69 Å². The maximum absolute atomic E-state index is 6.09. The molecule has 1 N–H and O–H groups in total. The van der Waals surface area contributed by atoms with Crippen molar-refractivity contribution in [3.05, 3.63) is 58.6 Å². The highest BCUT2D eigenvalue weighted by atomic mass is 35.5. The lowest BCUT2D eigenvalue weighted by molar-refractivity contribution is 0.315. The molecule has 0 amide bonds. The number of hydrogen-bond acceptors (Lipinski definition) is 2. The molecule has 0 saturated carbocycles. The molecule has 0 unspecified atom stereocenters. The number of rotatable bonds is 7. The average molecular weight is 304 g/mol. The van der Waals surface area contributed by atoms with Crippen LogP contribution in [0.15, 0.2) is 42.5 Å². The first-order valence-electron chi connectivity index (χ1n) is 7.41. The third-order valence-corrected chi connectivity index (χ3v) is 3.91. The zero-order valence-electron chi connectivity index (χ0n) is 12.7. The van der Waals surface area contributed by atoms with E-state index in [2.05, 4.69) is 24.4 Å². The Kier molecular flexibility index (Phi) is 5.94. The maximum Gasteiger partial charge on any atom is 0.119 e. The molecule has 0 bridgehead atoms. The van der Waals surface area contributed by atoms with Crippen molar-refractivity contribution in [2.75, 3.05) is 18.5 Å². The summed E-state index contributed by atoms with van der Waals surface area (Å²) in [5, 5.41) is 4.19. The molecule has 0 saturated heterocycles. The van der Waals surface area contributed by atoms with Crippen LogP contribution in [0.2, 0.25) is 5.02 Å². The van der Waals surface area contributed by atoms with Crippen LogP contribution in [-0.2, 0) is 6.42 Å². The first kappa shape index (κ1) is 15.7. The predicted octanol–water partition coefficient (Wildman–Crippen LogP) is 5.09. The SMILES string of the molecule is CCc1ccc(OCCCNc2cccc(Cl)c2C)cc1. The summed E-state index contributed by atoms with van der Waals surface area (Å²) in [5.41, 5.74) is 3.52. The first-order valence-corrected chi connectivity index (χ1v) is 7.79. The topological polar surface area (TPSA) is 21.3 Å². The fourth-order valence-corrected chi connectivity index (χ4v) is 2.28. The third kappa shape index (κ3) is 4.68. The number of anilines is 1. The van der Waals surface area contributed by atoms with Gasteiger partial charge in [-0.2, -0.15) is 0 Å². The van der Waals surface area contributed by atoms with Crippen molar-refractivity contribution in [2.24, 2.45) is 0 Å². The van der Waals surface area contributed by atoms with Gasteiger partial charge in [0.1, 0.15) is 5.75 Å². The van der Waals surface area contributed by atoms with Crippen molar-refractivity contribution >= 4 is 17.3 Å². The third-order valence-electron chi connectivity index (χ3n) is 3.50. The molecule has 0 fully saturated rings. The molecule has 0 aliphatic carbocycles. The van der Waals surface area contributed by atoms with Gasteiger partial charge in [0.05, 0.1) is 6.61 Å². The highest BCUT2D eigenvalue weighted by Crippen LogP contribution is 2.22. The molecule has 0 spiro atoms. The summed E-state index contributed by atoms with van der Waals surface area (Å²) < 4.78 is 5.73. The van der Waals surface area contributed by atoms with E-state index in [1.54, 1.807) is 0 Å². The van der Waals surface area contributed by atoms with E-state index in [-0.39, 0.29) is 0 Å². The van der Waals surface area contributed by atoms with Crippen molar-refractivity contribution in [2.45, 2.75) is 26.7 Å². The van der Waals surface area contributed by atoms with Gasteiger partial charge < -0.3 is 10.1 Å². The summed E-state index contributed by atoms with van der Waals surface area (Å²) in [7, 11) is 0. The number of aryl methyl sites for hydroxylation is 1. The van der Waals surface area contributed by atoms with E-state index in [1.807, 2.05) is 37.3 Å². The summed E-state index contributed by atoms with van der Waals surface area (Å²) in [4.78, 5) is 0. The van der Waals surface area contributed by atoms with E-state index < -0.39 is 0 Å². The summed E-state index contributed by atoms with van der Waals surface area (Å²) in [6, 6.07) is 14.2. The van der Waals surface area contributed by atoms with Crippen molar-refractivity contribution in [3.63, 3.8) is 0 Å². The van der Waals surface area contributed by atoms with Crippen LogP contribution < -0.4 is 10.1 Å². The lowest BCUT2D eigenvalue weighted by Gasteiger charge is -2.11. The van der Waals surface area contributed by atoms with Crippen LogP contribution in [0, 0.1) is 6.92 Å². The van der Waals surface area contributed by atoms with Gasteiger partial charge in [-0.15, -0.1) is 0 Å². The molecule has 0 radical (unpaired) electrons. The second kappa shape index (κ2) is 7.94. The molecule has 0 heterocycles. The molecule has 0 aromatic heterocycles. The molecule has 2 aromatic carbocycles. The van der Waals surface area contributed by atoms with Crippen LogP contribution >= 0.6 is 11.6 Å². The van der Waals surface area contributed by atoms with E-state index >= 15 is 0 Å². The second-order valence-corrected chi connectivity index (χ2v) is 5.45. The largest absolute Gasteiger partial charge is 0.494 e. The lowest BCUT2D eigenvalue weighted by atomic mass is 10.2. The quantitative estimate of drug-likeness (QED) is 0.719. The molecule has 2 nitrogen and oxygen atoms in total. The van der Waals surface area contributed by atoms with E-state index in [1.165, 1.54) is 5.56 Å². The van der Waals surface area contributed by atoms with E-state index in [4.69, 9.17) is 16.3 Å². The van der Waals surface area contributed by atoms with Gasteiger partial charge in [0, 0.05) is 17.3 Å². The number of halogens is 1. The minimum atomic E-state index is 0.706. The minimum absolute atomic E-state index is 0.706. The molecule has 0 aliphatic heterocycles. The van der Waals surface area contributed by atoms with E-state index in [0.717, 1.165) is 41.4 Å². The summed E-state index contributed by atoms with van der Waals surface area (Å²) >= 11 is 6.09. The maximum atomic E-state index is 6.09. The fraction of sp³-hybridized carbons (Fsp3) is 0.333. The number of benzene rings is 2. The van der Waals surface area contributed by atoms with Gasteiger partial charge in [0.2, 0.25) is 0 Å². The Morgan fingerprint density at radius 2 is 1.86 bits per heavy atom. The highest BCUT2D eigenvalue weighted by molar-refractivity contribution is 6.31. The Labute approximate surface area is 132 Å². The Morgan fingerprint density at radius 1 is 1.10 bits per heavy atom.